The molecule has 1 aromatic rings. The molecule has 1 aliphatic carbocycles. The molecule has 132 valence electrons. The monoisotopic (exact) mass is 381 g/mol. The summed E-state index contributed by atoms with van der Waals surface area (Å²) in [7, 11) is -2.16. The van der Waals surface area contributed by atoms with Crippen LogP contribution in [0.2, 0.25) is 0 Å². The molecule has 4 N–H and O–H groups in total. The Hall–Kier alpha value is -0.670. The maximum Gasteiger partial charge on any atom is 0.261 e. The number of hydrogen-bond acceptors (Lipinski definition) is 5. The maximum absolute atomic E-state index is 12.3. The van der Waals surface area contributed by atoms with Crippen molar-refractivity contribution in [2.45, 2.75) is 43.0 Å². The van der Waals surface area contributed by atoms with Crippen LogP contribution in [0.25, 0.3) is 0 Å². The number of nitrogens with one attached hydrogen (secondary N) is 2. The van der Waals surface area contributed by atoms with Crippen molar-refractivity contribution in [1.82, 2.24) is 10.0 Å². The smallest absolute Gasteiger partial charge is 0.261 e. The van der Waals surface area contributed by atoms with Gasteiger partial charge in [-0.2, -0.15) is 0 Å². The first-order valence-corrected chi connectivity index (χ1v) is 9.87. The van der Waals surface area contributed by atoms with Crippen molar-refractivity contribution < 1.29 is 13.2 Å². The molecule has 2 rings (SSSR count). The van der Waals surface area contributed by atoms with Gasteiger partial charge in [-0.1, -0.05) is 19.3 Å². The highest BCUT2D eigenvalue weighted by molar-refractivity contribution is 7.89. The third kappa shape index (κ3) is 5.15. The highest BCUT2D eigenvalue weighted by Crippen LogP contribution is 2.27. The molecule has 9 heteroatoms. The summed E-state index contributed by atoms with van der Waals surface area (Å²) in [5.74, 6) is 0.173. The average Bonchev–Trinajstić information content (AvgIpc) is 3.04. The molecule has 1 aliphatic rings. The van der Waals surface area contributed by atoms with E-state index in [0.717, 1.165) is 24.2 Å². The van der Waals surface area contributed by atoms with Gasteiger partial charge in [-0.25, -0.2) is 13.1 Å². The lowest BCUT2D eigenvalue weighted by molar-refractivity contribution is 0.0919. The number of amides is 1. The zero-order valence-electron chi connectivity index (χ0n) is 13.1. The van der Waals surface area contributed by atoms with Crippen molar-refractivity contribution in [3.63, 3.8) is 0 Å². The zero-order valence-corrected chi connectivity index (χ0v) is 15.5. The van der Waals surface area contributed by atoms with Gasteiger partial charge in [-0.15, -0.1) is 23.7 Å². The van der Waals surface area contributed by atoms with Crippen LogP contribution in [0.15, 0.2) is 16.3 Å². The molecule has 0 saturated heterocycles. The lowest BCUT2D eigenvalue weighted by Gasteiger charge is -2.29. The van der Waals surface area contributed by atoms with E-state index >= 15 is 0 Å². The van der Waals surface area contributed by atoms with Crippen LogP contribution in [0.1, 0.15) is 41.8 Å². The molecule has 0 aromatic carbocycles. The number of rotatable bonds is 6. The molecule has 0 radical (unpaired) electrons. The standard InChI is InChI=1S/C14H23N3O3S2.ClH/c1-16-22(19,20)11-7-13(21-9-11)14(18)17-12(8-15)10-5-3-2-4-6-10;/h7,9-10,12,16H,2-6,8,15H2,1H3,(H,17,18);1H. The molecule has 1 unspecified atom stereocenters. The highest BCUT2D eigenvalue weighted by atomic mass is 35.5. The number of carbonyl (C=O) groups excluding carboxylic acids is 1. The Morgan fingerprint density at radius 3 is 2.61 bits per heavy atom. The second-order valence-corrected chi connectivity index (χ2v) is 8.37. The van der Waals surface area contributed by atoms with Crippen LogP contribution in [0.3, 0.4) is 0 Å². The van der Waals surface area contributed by atoms with Gasteiger partial charge >= 0.3 is 0 Å². The Kier molecular flexibility index (Phi) is 7.96. The highest BCUT2D eigenvalue weighted by Gasteiger charge is 2.25. The van der Waals surface area contributed by atoms with Crippen LogP contribution in [-0.2, 0) is 10.0 Å². The predicted octanol–water partition coefficient (Wildman–Crippen LogP) is 1.72. The molecular formula is C14H24ClN3O3S2. The fraction of sp³-hybridized carbons (Fsp3) is 0.643. The molecule has 1 aromatic heterocycles. The van der Waals surface area contributed by atoms with Crippen LogP contribution in [0.5, 0.6) is 0 Å². The third-order valence-corrected chi connectivity index (χ3v) is 6.64. The number of carbonyl (C=O) groups is 1. The van der Waals surface area contributed by atoms with E-state index in [2.05, 4.69) is 10.0 Å². The molecule has 0 spiro atoms. The van der Waals surface area contributed by atoms with Gasteiger partial charge in [0.2, 0.25) is 10.0 Å². The topological polar surface area (TPSA) is 101 Å². The minimum atomic E-state index is -3.51. The van der Waals surface area contributed by atoms with Gasteiger partial charge in [-0.3, -0.25) is 4.79 Å². The SMILES string of the molecule is CNS(=O)(=O)c1csc(C(=O)NC(CN)C2CCCCC2)c1.Cl. The number of sulfonamides is 1. The van der Waals surface area contributed by atoms with Crippen molar-refractivity contribution in [3.8, 4) is 0 Å². The molecule has 1 saturated carbocycles. The quantitative estimate of drug-likeness (QED) is 0.698. The van der Waals surface area contributed by atoms with E-state index < -0.39 is 10.0 Å². The van der Waals surface area contributed by atoms with Crippen LogP contribution in [0, 0.1) is 5.92 Å². The molecule has 6 nitrogen and oxygen atoms in total. The van der Waals surface area contributed by atoms with Gasteiger partial charge in [0.05, 0.1) is 9.77 Å². The van der Waals surface area contributed by atoms with Crippen molar-refractivity contribution in [2.24, 2.45) is 11.7 Å². The van der Waals surface area contributed by atoms with E-state index in [9.17, 15) is 13.2 Å². The lowest BCUT2D eigenvalue weighted by Crippen LogP contribution is -2.45. The van der Waals surface area contributed by atoms with E-state index in [1.54, 1.807) is 0 Å². The second kappa shape index (κ2) is 8.98. The average molecular weight is 382 g/mol. The van der Waals surface area contributed by atoms with E-state index in [1.165, 1.54) is 37.8 Å². The van der Waals surface area contributed by atoms with Crippen LogP contribution < -0.4 is 15.8 Å². The summed E-state index contributed by atoms with van der Waals surface area (Å²) in [4.78, 5) is 12.8. The summed E-state index contributed by atoms with van der Waals surface area (Å²) in [6, 6.07) is 1.36. The minimum Gasteiger partial charge on any atom is -0.347 e. The minimum absolute atomic E-state index is 0. The van der Waals surface area contributed by atoms with Gasteiger partial charge in [0.15, 0.2) is 0 Å². The summed E-state index contributed by atoms with van der Waals surface area (Å²) in [6.45, 7) is 0.406. The largest absolute Gasteiger partial charge is 0.347 e. The molecule has 1 fully saturated rings. The molecule has 23 heavy (non-hydrogen) atoms. The molecule has 1 heterocycles. The van der Waals surface area contributed by atoms with E-state index in [0.29, 0.717) is 17.3 Å². The summed E-state index contributed by atoms with van der Waals surface area (Å²) in [6.07, 6.45) is 5.79. The van der Waals surface area contributed by atoms with E-state index in [4.69, 9.17) is 5.73 Å². The van der Waals surface area contributed by atoms with E-state index in [1.807, 2.05) is 0 Å². The Bertz CT molecular complexity index is 613. The lowest BCUT2D eigenvalue weighted by atomic mass is 9.84. The summed E-state index contributed by atoms with van der Waals surface area (Å²) >= 11 is 1.13. The van der Waals surface area contributed by atoms with Gasteiger partial charge in [-0.05, 0) is 31.9 Å². The Morgan fingerprint density at radius 1 is 1.39 bits per heavy atom. The molecule has 1 atom stereocenters. The first-order valence-electron chi connectivity index (χ1n) is 7.51. The second-order valence-electron chi connectivity index (χ2n) is 5.57. The summed E-state index contributed by atoms with van der Waals surface area (Å²) in [5, 5.41) is 4.44. The first-order chi connectivity index (χ1) is 10.5. The molecule has 0 aliphatic heterocycles. The van der Waals surface area contributed by atoms with E-state index in [-0.39, 0.29) is 29.3 Å². The first kappa shape index (κ1) is 20.4. The maximum atomic E-state index is 12.3. The van der Waals surface area contributed by atoms with Crippen molar-refractivity contribution in [1.29, 1.82) is 0 Å². The van der Waals surface area contributed by atoms with Gasteiger partial charge in [0.25, 0.3) is 5.91 Å². The fourth-order valence-electron chi connectivity index (χ4n) is 2.84. The Labute approximate surface area is 147 Å². The van der Waals surface area contributed by atoms with Crippen LogP contribution in [-0.4, -0.2) is 34.0 Å². The van der Waals surface area contributed by atoms with Gasteiger partial charge < -0.3 is 11.1 Å². The number of halogens is 1. The number of thiophene rings is 1. The third-order valence-electron chi connectivity index (χ3n) is 4.17. The van der Waals surface area contributed by atoms with Crippen molar-refractivity contribution >= 4 is 39.7 Å². The normalized spacial score (nSPS) is 17.3. The molecule has 0 bridgehead atoms. The molecular weight excluding hydrogens is 358 g/mol. The summed E-state index contributed by atoms with van der Waals surface area (Å²) in [5.41, 5.74) is 5.81. The Balaban J connectivity index is 0.00000264. The van der Waals surface area contributed by atoms with Gasteiger partial charge in [0, 0.05) is 18.0 Å². The van der Waals surface area contributed by atoms with Gasteiger partial charge in [0.1, 0.15) is 0 Å². The van der Waals surface area contributed by atoms with Crippen molar-refractivity contribution in [2.75, 3.05) is 13.6 Å². The fourth-order valence-corrected chi connectivity index (χ4v) is 4.75. The van der Waals surface area contributed by atoms with Crippen molar-refractivity contribution in [3.05, 3.63) is 16.3 Å². The summed E-state index contributed by atoms with van der Waals surface area (Å²) < 4.78 is 25.7. The van der Waals surface area contributed by atoms with Crippen LogP contribution in [0.4, 0.5) is 0 Å². The number of hydrogen-bond donors (Lipinski definition) is 3. The number of nitrogens with two attached hydrogens (primary N) is 1. The Morgan fingerprint density at radius 2 is 2.04 bits per heavy atom. The molecule has 1 amide bonds. The predicted molar refractivity (Wildman–Crippen MR) is 94.7 cm³/mol. The zero-order chi connectivity index (χ0) is 16.2. The van der Waals surface area contributed by atoms with Crippen LogP contribution >= 0.6 is 23.7 Å².